The molecular formula is C28H26O5. The molecule has 5 heteroatoms. The van der Waals surface area contributed by atoms with Crippen molar-refractivity contribution in [1.82, 2.24) is 0 Å². The molecule has 1 unspecified atom stereocenters. The fourth-order valence-corrected chi connectivity index (χ4v) is 4.11. The van der Waals surface area contributed by atoms with Crippen LogP contribution in [0.5, 0.6) is 5.75 Å². The van der Waals surface area contributed by atoms with Crippen molar-refractivity contribution < 1.29 is 24.2 Å². The predicted molar refractivity (Wildman–Crippen MR) is 127 cm³/mol. The topological polar surface area (TPSA) is 72.8 Å². The summed E-state index contributed by atoms with van der Waals surface area (Å²) in [5.74, 6) is -0.166. The van der Waals surface area contributed by atoms with Gasteiger partial charge in [-0.2, -0.15) is 0 Å². The fraction of sp³-hybridized carbons (Fsp3) is 0.214. The molecule has 0 aliphatic heterocycles. The summed E-state index contributed by atoms with van der Waals surface area (Å²) in [6, 6.07) is 23.0. The maximum Gasteiger partial charge on any atom is 0.333 e. The van der Waals surface area contributed by atoms with Crippen LogP contribution in [-0.4, -0.2) is 36.2 Å². The highest BCUT2D eigenvalue weighted by Crippen LogP contribution is 2.33. The van der Waals surface area contributed by atoms with Gasteiger partial charge in [0.05, 0.1) is 0 Å². The molecule has 0 saturated carbocycles. The lowest BCUT2D eigenvalue weighted by Gasteiger charge is -2.13. The first-order valence-corrected chi connectivity index (χ1v) is 11.0. The van der Waals surface area contributed by atoms with Gasteiger partial charge in [0, 0.05) is 25.0 Å². The maximum absolute atomic E-state index is 12.8. The van der Waals surface area contributed by atoms with Gasteiger partial charge in [0.2, 0.25) is 0 Å². The number of fused-ring (bicyclic) bond motifs is 2. The lowest BCUT2D eigenvalue weighted by Crippen LogP contribution is -2.26. The SMILES string of the molecule is CCOC(Cc1ccc(OC/C=C2/c3ccccc3CC(=O)c3ccccc32)cc1)C(=O)O. The minimum atomic E-state index is -0.966. The zero-order chi connectivity index (χ0) is 23.2. The Hall–Kier alpha value is -3.70. The van der Waals surface area contributed by atoms with Crippen molar-refractivity contribution >= 4 is 17.3 Å². The number of ketones is 1. The van der Waals surface area contributed by atoms with Crippen LogP contribution in [-0.2, 0) is 22.4 Å². The number of carboxylic acids is 1. The molecular weight excluding hydrogens is 416 g/mol. The van der Waals surface area contributed by atoms with E-state index < -0.39 is 12.1 Å². The van der Waals surface area contributed by atoms with Gasteiger partial charge in [-0.25, -0.2) is 4.79 Å². The van der Waals surface area contributed by atoms with Crippen LogP contribution in [0, 0.1) is 0 Å². The molecule has 3 aromatic carbocycles. The zero-order valence-corrected chi connectivity index (χ0v) is 18.5. The molecule has 0 radical (unpaired) electrons. The van der Waals surface area contributed by atoms with E-state index in [0.717, 1.165) is 33.4 Å². The highest BCUT2D eigenvalue weighted by Gasteiger charge is 2.22. The van der Waals surface area contributed by atoms with Gasteiger partial charge in [0.15, 0.2) is 11.9 Å². The third-order valence-electron chi connectivity index (χ3n) is 5.70. The molecule has 3 aromatic rings. The van der Waals surface area contributed by atoms with Crippen LogP contribution in [0.4, 0.5) is 0 Å². The van der Waals surface area contributed by atoms with Crippen LogP contribution in [0.15, 0.2) is 78.9 Å². The fourth-order valence-electron chi connectivity index (χ4n) is 4.11. The third-order valence-corrected chi connectivity index (χ3v) is 5.70. The highest BCUT2D eigenvalue weighted by molar-refractivity contribution is 6.06. The number of ether oxygens (including phenoxy) is 2. The first-order chi connectivity index (χ1) is 16.1. The Morgan fingerprint density at radius 2 is 1.64 bits per heavy atom. The normalized spacial score (nSPS) is 14.8. The number of carbonyl (C=O) groups is 2. The number of hydrogen-bond donors (Lipinski definition) is 1. The van der Waals surface area contributed by atoms with Crippen molar-refractivity contribution in [2.24, 2.45) is 0 Å². The van der Waals surface area contributed by atoms with Gasteiger partial charge >= 0.3 is 5.97 Å². The lowest BCUT2D eigenvalue weighted by atomic mass is 9.94. The standard InChI is InChI=1S/C28H26O5/c1-2-32-27(28(30)31)17-19-11-13-21(14-12-19)33-16-15-24-22-8-4-3-7-20(22)18-26(29)25-10-6-5-9-23(24)25/h3-15,27H,2,16-18H2,1H3,(H,30,31)/b24-15-. The third kappa shape index (κ3) is 5.21. The Kier molecular flexibility index (Phi) is 7.01. The van der Waals surface area contributed by atoms with Gasteiger partial charge in [-0.15, -0.1) is 0 Å². The Morgan fingerprint density at radius 3 is 2.33 bits per heavy atom. The molecule has 0 aromatic heterocycles. The molecule has 168 valence electrons. The van der Waals surface area contributed by atoms with E-state index in [4.69, 9.17) is 9.47 Å². The van der Waals surface area contributed by atoms with Gasteiger partial charge in [-0.05, 0) is 53.0 Å². The average Bonchev–Trinajstić information content (AvgIpc) is 2.94. The van der Waals surface area contributed by atoms with Gasteiger partial charge in [0.25, 0.3) is 0 Å². The van der Waals surface area contributed by atoms with Crippen LogP contribution in [0.1, 0.15) is 39.5 Å². The molecule has 1 N–H and O–H groups in total. The maximum atomic E-state index is 12.8. The molecule has 0 amide bonds. The molecule has 1 aliphatic rings. The van der Waals surface area contributed by atoms with Crippen molar-refractivity contribution in [1.29, 1.82) is 0 Å². The summed E-state index contributed by atoms with van der Waals surface area (Å²) in [4.78, 5) is 24.1. The monoisotopic (exact) mass is 442 g/mol. The van der Waals surface area contributed by atoms with Crippen molar-refractivity contribution in [3.05, 3.63) is 107 Å². The first kappa shape index (κ1) is 22.5. The highest BCUT2D eigenvalue weighted by atomic mass is 16.5. The lowest BCUT2D eigenvalue weighted by molar-refractivity contribution is -0.149. The number of aliphatic carboxylic acids is 1. The molecule has 0 bridgehead atoms. The van der Waals surface area contributed by atoms with Crippen molar-refractivity contribution in [2.75, 3.05) is 13.2 Å². The van der Waals surface area contributed by atoms with Crippen LogP contribution in [0.3, 0.4) is 0 Å². The van der Waals surface area contributed by atoms with Gasteiger partial charge in [-0.3, -0.25) is 4.79 Å². The van der Waals surface area contributed by atoms with Gasteiger partial charge in [0.1, 0.15) is 12.4 Å². The minimum absolute atomic E-state index is 0.115. The number of carboxylic acid groups (broad SMARTS) is 1. The molecule has 33 heavy (non-hydrogen) atoms. The molecule has 0 heterocycles. The summed E-state index contributed by atoms with van der Waals surface area (Å²) in [6.45, 7) is 2.47. The summed E-state index contributed by atoms with van der Waals surface area (Å²) in [6.07, 6.45) is 1.84. The summed E-state index contributed by atoms with van der Waals surface area (Å²) in [5.41, 5.74) is 5.56. The van der Waals surface area contributed by atoms with Crippen LogP contribution in [0.2, 0.25) is 0 Å². The van der Waals surface area contributed by atoms with E-state index in [0.29, 0.717) is 31.8 Å². The van der Waals surface area contributed by atoms with Crippen LogP contribution < -0.4 is 4.74 Å². The van der Waals surface area contributed by atoms with Crippen LogP contribution >= 0.6 is 0 Å². The number of carbonyl (C=O) groups excluding carboxylic acids is 1. The van der Waals surface area contributed by atoms with E-state index in [1.165, 1.54) is 0 Å². The molecule has 5 nitrogen and oxygen atoms in total. The van der Waals surface area contributed by atoms with Gasteiger partial charge < -0.3 is 14.6 Å². The number of rotatable bonds is 8. The summed E-state index contributed by atoms with van der Waals surface area (Å²) < 4.78 is 11.2. The van der Waals surface area contributed by atoms with Crippen molar-refractivity contribution in [3.63, 3.8) is 0 Å². The second-order valence-electron chi connectivity index (χ2n) is 7.86. The number of hydrogen-bond acceptors (Lipinski definition) is 4. The summed E-state index contributed by atoms with van der Waals surface area (Å²) >= 11 is 0. The molecule has 4 rings (SSSR count). The minimum Gasteiger partial charge on any atom is -0.490 e. The molecule has 0 spiro atoms. The largest absolute Gasteiger partial charge is 0.490 e. The van der Waals surface area contributed by atoms with E-state index in [-0.39, 0.29) is 5.78 Å². The molecule has 1 atom stereocenters. The summed E-state index contributed by atoms with van der Waals surface area (Å²) in [5, 5.41) is 9.26. The Balaban J connectivity index is 1.52. The van der Waals surface area contributed by atoms with E-state index >= 15 is 0 Å². The van der Waals surface area contributed by atoms with Gasteiger partial charge in [-0.1, -0.05) is 60.7 Å². The molecule has 0 saturated heterocycles. The summed E-state index contributed by atoms with van der Waals surface area (Å²) in [7, 11) is 0. The number of benzene rings is 3. The molecule has 1 aliphatic carbocycles. The van der Waals surface area contributed by atoms with E-state index in [1.807, 2.05) is 78.9 Å². The second-order valence-corrected chi connectivity index (χ2v) is 7.86. The average molecular weight is 443 g/mol. The van der Waals surface area contributed by atoms with Crippen LogP contribution in [0.25, 0.3) is 5.57 Å². The predicted octanol–water partition coefficient (Wildman–Crippen LogP) is 4.97. The first-order valence-electron chi connectivity index (χ1n) is 11.0. The van der Waals surface area contributed by atoms with E-state index in [9.17, 15) is 14.7 Å². The Labute approximate surface area is 193 Å². The quantitative estimate of drug-likeness (QED) is 0.533. The zero-order valence-electron chi connectivity index (χ0n) is 18.5. The Bertz CT molecular complexity index is 1180. The van der Waals surface area contributed by atoms with Crippen molar-refractivity contribution in [2.45, 2.75) is 25.9 Å². The van der Waals surface area contributed by atoms with E-state index in [2.05, 4.69) is 0 Å². The Morgan fingerprint density at radius 1 is 0.970 bits per heavy atom. The van der Waals surface area contributed by atoms with Crippen molar-refractivity contribution in [3.8, 4) is 5.75 Å². The number of Topliss-reactive ketones (excluding diaryl/α,β-unsaturated/α-hetero) is 1. The smallest absolute Gasteiger partial charge is 0.333 e. The van der Waals surface area contributed by atoms with E-state index in [1.54, 1.807) is 6.92 Å². The molecule has 0 fully saturated rings. The second kappa shape index (κ2) is 10.3.